The van der Waals surface area contributed by atoms with Crippen LogP contribution in [0.3, 0.4) is 0 Å². The number of carbonyl (C=O) groups excluding carboxylic acids is 1. The van der Waals surface area contributed by atoms with Crippen LogP contribution < -0.4 is 10.6 Å². The number of ether oxygens (including phenoxy) is 1. The highest BCUT2D eigenvalue weighted by atomic mass is 16.5. The van der Waals surface area contributed by atoms with E-state index in [2.05, 4.69) is 45.6 Å². The van der Waals surface area contributed by atoms with Gasteiger partial charge in [0.05, 0.1) is 12.6 Å². The molecule has 1 saturated carbocycles. The van der Waals surface area contributed by atoms with Crippen molar-refractivity contribution in [2.75, 3.05) is 27.2 Å². The Bertz CT molecular complexity index is 599. The maximum atomic E-state index is 11.7. The fraction of sp³-hybridized carbons (Fsp3) is 0.579. The number of hydrogen-bond acceptors (Lipinski definition) is 3. The van der Waals surface area contributed by atoms with Crippen LogP contribution in [0.1, 0.15) is 30.9 Å². The van der Waals surface area contributed by atoms with E-state index in [1.807, 2.05) is 20.0 Å². The van der Waals surface area contributed by atoms with E-state index in [1.54, 1.807) is 7.05 Å². The monoisotopic (exact) mass is 346 g/mol. The van der Waals surface area contributed by atoms with Crippen LogP contribution in [-0.2, 0) is 11.3 Å². The van der Waals surface area contributed by atoms with Gasteiger partial charge in [0, 0.05) is 27.2 Å². The molecule has 0 aliphatic heterocycles. The Labute approximate surface area is 150 Å². The second-order valence-corrected chi connectivity index (χ2v) is 6.52. The van der Waals surface area contributed by atoms with E-state index in [0.717, 1.165) is 25.3 Å². The lowest BCUT2D eigenvalue weighted by Gasteiger charge is -2.25. The largest absolute Gasteiger partial charge is 0.450 e. The van der Waals surface area contributed by atoms with Crippen molar-refractivity contribution in [3.8, 4) is 0 Å². The van der Waals surface area contributed by atoms with Gasteiger partial charge in [0.1, 0.15) is 0 Å². The van der Waals surface area contributed by atoms with E-state index < -0.39 is 0 Å². The van der Waals surface area contributed by atoms with Crippen molar-refractivity contribution in [2.45, 2.75) is 39.3 Å². The number of amides is 1. The summed E-state index contributed by atoms with van der Waals surface area (Å²) >= 11 is 0. The molecular weight excluding hydrogens is 316 g/mol. The van der Waals surface area contributed by atoms with Crippen molar-refractivity contribution in [1.82, 2.24) is 15.5 Å². The molecule has 0 saturated heterocycles. The van der Waals surface area contributed by atoms with Crippen molar-refractivity contribution in [3.05, 3.63) is 35.4 Å². The smallest absolute Gasteiger partial charge is 0.407 e. The number of alkyl carbamates (subject to hydrolysis) is 1. The van der Waals surface area contributed by atoms with Crippen LogP contribution >= 0.6 is 0 Å². The predicted molar refractivity (Wildman–Crippen MR) is 101 cm³/mol. The van der Waals surface area contributed by atoms with Gasteiger partial charge >= 0.3 is 6.09 Å². The van der Waals surface area contributed by atoms with Gasteiger partial charge in [-0.05, 0) is 43.7 Å². The van der Waals surface area contributed by atoms with Gasteiger partial charge < -0.3 is 20.3 Å². The van der Waals surface area contributed by atoms with Crippen molar-refractivity contribution in [2.24, 2.45) is 10.9 Å². The lowest BCUT2D eigenvalue weighted by Crippen LogP contribution is -2.48. The van der Waals surface area contributed by atoms with Crippen molar-refractivity contribution in [3.63, 3.8) is 0 Å². The number of benzene rings is 1. The molecule has 1 aliphatic carbocycles. The quantitative estimate of drug-likeness (QED) is 0.588. The summed E-state index contributed by atoms with van der Waals surface area (Å²) in [6.07, 6.45) is 1.96. The van der Waals surface area contributed by atoms with Crippen LogP contribution in [0.2, 0.25) is 0 Å². The van der Waals surface area contributed by atoms with E-state index >= 15 is 0 Å². The summed E-state index contributed by atoms with van der Waals surface area (Å²) in [5.74, 6) is 1.34. The molecule has 25 heavy (non-hydrogen) atoms. The first kappa shape index (κ1) is 19.1. The molecule has 6 nitrogen and oxygen atoms in total. The summed E-state index contributed by atoms with van der Waals surface area (Å²) in [7, 11) is 3.80. The molecule has 0 spiro atoms. The number of rotatable bonds is 7. The van der Waals surface area contributed by atoms with Gasteiger partial charge in [0.25, 0.3) is 0 Å². The zero-order valence-electron chi connectivity index (χ0n) is 15.7. The zero-order valence-corrected chi connectivity index (χ0v) is 15.7. The zero-order chi connectivity index (χ0) is 18.2. The van der Waals surface area contributed by atoms with E-state index in [0.29, 0.717) is 19.1 Å². The number of aryl methyl sites for hydroxylation is 1. The van der Waals surface area contributed by atoms with Crippen molar-refractivity contribution in [1.29, 1.82) is 0 Å². The third-order valence-corrected chi connectivity index (χ3v) is 4.49. The third kappa shape index (κ3) is 5.96. The Hall–Kier alpha value is -2.24. The lowest BCUT2D eigenvalue weighted by molar-refractivity contribution is 0.146. The van der Waals surface area contributed by atoms with Crippen molar-refractivity contribution >= 4 is 12.1 Å². The number of hydrogen-bond donors (Lipinski definition) is 2. The van der Waals surface area contributed by atoms with Gasteiger partial charge in [-0.2, -0.15) is 0 Å². The van der Waals surface area contributed by atoms with Gasteiger partial charge in [-0.3, -0.25) is 4.99 Å². The molecule has 1 unspecified atom stereocenters. The molecule has 0 heterocycles. The van der Waals surface area contributed by atoms with Crippen molar-refractivity contribution < 1.29 is 9.53 Å². The second-order valence-electron chi connectivity index (χ2n) is 6.52. The topological polar surface area (TPSA) is 66.0 Å². The van der Waals surface area contributed by atoms with Crippen LogP contribution in [0.15, 0.2) is 29.3 Å². The fourth-order valence-corrected chi connectivity index (χ4v) is 2.86. The first-order chi connectivity index (χ1) is 12.0. The molecule has 1 aromatic carbocycles. The number of nitrogens with one attached hydrogen (secondary N) is 2. The summed E-state index contributed by atoms with van der Waals surface area (Å²) in [4.78, 5) is 18.2. The molecule has 1 amide bonds. The number of nitrogens with zero attached hydrogens (tertiary/aromatic N) is 2. The number of guanidine groups is 1. The standard InChI is InChI=1S/C19H30N4O2/c1-5-25-19(24)22-17(15-10-11-15)12-21-18(20-3)23(4)13-16-9-7-6-8-14(16)2/h6-9,15,17H,5,10-13H2,1-4H3,(H,20,21)(H,22,24). The average Bonchev–Trinajstić information content (AvgIpc) is 3.41. The molecule has 1 fully saturated rings. The molecule has 2 rings (SSSR count). The summed E-state index contributed by atoms with van der Waals surface area (Å²) in [6, 6.07) is 8.43. The summed E-state index contributed by atoms with van der Waals surface area (Å²) in [5, 5.41) is 6.34. The minimum atomic E-state index is -0.343. The number of carbonyl (C=O) groups is 1. The molecule has 0 radical (unpaired) electrons. The molecule has 0 aromatic heterocycles. The van der Waals surface area contributed by atoms with E-state index in [-0.39, 0.29) is 12.1 Å². The first-order valence-electron chi connectivity index (χ1n) is 8.94. The Morgan fingerprint density at radius 3 is 2.72 bits per heavy atom. The second kappa shape index (κ2) is 9.30. The van der Waals surface area contributed by atoms with E-state index in [1.165, 1.54) is 11.1 Å². The summed E-state index contributed by atoms with van der Waals surface area (Å²) < 4.78 is 5.00. The molecule has 1 aromatic rings. The minimum Gasteiger partial charge on any atom is -0.450 e. The van der Waals surface area contributed by atoms with Gasteiger partial charge in [-0.1, -0.05) is 24.3 Å². The highest BCUT2D eigenvalue weighted by Crippen LogP contribution is 2.32. The SMILES string of the molecule is CCOC(=O)NC(CNC(=NC)N(C)Cc1ccccc1C)C1CC1. The summed E-state index contributed by atoms with van der Waals surface area (Å²) in [6.45, 7) is 5.75. The predicted octanol–water partition coefficient (Wildman–Crippen LogP) is 2.53. The maximum Gasteiger partial charge on any atom is 0.407 e. The van der Waals surface area contributed by atoms with Crippen LogP contribution in [0.25, 0.3) is 0 Å². The first-order valence-corrected chi connectivity index (χ1v) is 8.94. The molecular formula is C19H30N4O2. The van der Waals surface area contributed by atoms with Gasteiger partial charge in [0.15, 0.2) is 5.96 Å². The molecule has 6 heteroatoms. The molecule has 1 atom stereocenters. The molecule has 138 valence electrons. The average molecular weight is 346 g/mol. The molecule has 0 bridgehead atoms. The highest BCUT2D eigenvalue weighted by Gasteiger charge is 2.32. The molecule has 1 aliphatic rings. The molecule has 2 N–H and O–H groups in total. The Morgan fingerprint density at radius 1 is 1.40 bits per heavy atom. The van der Waals surface area contributed by atoms with Crippen LogP contribution in [-0.4, -0.2) is 50.2 Å². The number of aliphatic imine (C=N–C) groups is 1. The van der Waals surface area contributed by atoms with Crippen LogP contribution in [0.4, 0.5) is 4.79 Å². The Balaban J connectivity index is 1.89. The van der Waals surface area contributed by atoms with Gasteiger partial charge in [0.2, 0.25) is 0 Å². The van der Waals surface area contributed by atoms with Crippen LogP contribution in [0, 0.1) is 12.8 Å². The van der Waals surface area contributed by atoms with Gasteiger partial charge in [-0.15, -0.1) is 0 Å². The summed E-state index contributed by atoms with van der Waals surface area (Å²) in [5.41, 5.74) is 2.54. The lowest BCUT2D eigenvalue weighted by atomic mass is 10.1. The highest BCUT2D eigenvalue weighted by molar-refractivity contribution is 5.79. The van der Waals surface area contributed by atoms with E-state index in [4.69, 9.17) is 4.74 Å². The third-order valence-electron chi connectivity index (χ3n) is 4.49. The minimum absolute atomic E-state index is 0.0719. The van der Waals surface area contributed by atoms with E-state index in [9.17, 15) is 4.79 Å². The normalized spacial score (nSPS) is 15.4. The Morgan fingerprint density at radius 2 is 2.12 bits per heavy atom. The fourth-order valence-electron chi connectivity index (χ4n) is 2.86. The van der Waals surface area contributed by atoms with Gasteiger partial charge in [-0.25, -0.2) is 4.79 Å². The van der Waals surface area contributed by atoms with Crippen LogP contribution in [0.5, 0.6) is 0 Å². The maximum absolute atomic E-state index is 11.7. The Kier molecular flexibility index (Phi) is 7.10.